The van der Waals surface area contributed by atoms with Crippen molar-refractivity contribution in [3.8, 4) is 17.9 Å². The van der Waals surface area contributed by atoms with Crippen LogP contribution in [-0.2, 0) is 20.9 Å². The van der Waals surface area contributed by atoms with Crippen LogP contribution in [0.3, 0.4) is 0 Å². The van der Waals surface area contributed by atoms with E-state index in [1.54, 1.807) is 45.0 Å². The Labute approximate surface area is 176 Å². The second-order valence-corrected chi connectivity index (χ2v) is 7.49. The van der Waals surface area contributed by atoms with Crippen molar-refractivity contribution in [2.45, 2.75) is 45.4 Å². The third-order valence-corrected chi connectivity index (χ3v) is 3.73. The highest BCUT2D eigenvalue weighted by molar-refractivity contribution is 5.81. The molecule has 0 bridgehead atoms. The monoisotopic (exact) mass is 404 g/mol. The molecule has 0 aromatic heterocycles. The van der Waals surface area contributed by atoms with Gasteiger partial charge in [0, 0.05) is 12.0 Å². The third kappa shape index (κ3) is 8.08. The van der Waals surface area contributed by atoms with Gasteiger partial charge >= 0.3 is 12.1 Å². The lowest BCUT2D eigenvalue weighted by Gasteiger charge is -2.22. The highest BCUT2D eigenvalue weighted by atomic mass is 16.6. The molecule has 0 heterocycles. The summed E-state index contributed by atoms with van der Waals surface area (Å²) in [5.41, 5.74) is 1.27. The fourth-order valence-corrected chi connectivity index (χ4v) is 2.39. The van der Waals surface area contributed by atoms with Gasteiger partial charge in [-0.05, 0) is 44.5 Å². The Morgan fingerprint density at radius 3 is 2.43 bits per heavy atom. The van der Waals surface area contributed by atoms with Gasteiger partial charge in [0.15, 0.2) is 0 Å². The van der Waals surface area contributed by atoms with E-state index in [0.717, 1.165) is 5.56 Å². The van der Waals surface area contributed by atoms with E-state index in [-0.39, 0.29) is 13.0 Å². The van der Waals surface area contributed by atoms with Crippen LogP contribution in [0.25, 0.3) is 0 Å². The lowest BCUT2D eigenvalue weighted by molar-refractivity contribution is -0.147. The molecule has 1 amide bonds. The molecule has 2 aromatic rings. The third-order valence-electron chi connectivity index (χ3n) is 3.73. The molecule has 0 saturated heterocycles. The Balaban J connectivity index is 2.08. The summed E-state index contributed by atoms with van der Waals surface area (Å²) in [7, 11) is 0. The predicted molar refractivity (Wildman–Crippen MR) is 112 cm³/mol. The van der Waals surface area contributed by atoms with E-state index in [9.17, 15) is 9.59 Å². The summed E-state index contributed by atoms with van der Waals surface area (Å²) >= 11 is 0. The highest BCUT2D eigenvalue weighted by Crippen LogP contribution is 2.09. The van der Waals surface area contributed by atoms with Gasteiger partial charge in [-0.3, -0.25) is 0 Å². The second-order valence-electron chi connectivity index (χ2n) is 7.49. The molecule has 0 spiro atoms. The number of benzene rings is 2. The average molecular weight is 404 g/mol. The number of rotatable bonds is 5. The lowest BCUT2D eigenvalue weighted by atomic mass is 10.1. The average Bonchev–Trinajstić information content (AvgIpc) is 2.71. The molecule has 1 N–H and O–H groups in total. The number of ether oxygens (including phenoxy) is 2. The minimum absolute atomic E-state index is 0.0314. The van der Waals surface area contributed by atoms with Crippen molar-refractivity contribution < 1.29 is 19.1 Å². The summed E-state index contributed by atoms with van der Waals surface area (Å²) in [6, 6.07) is 17.1. The zero-order chi connectivity index (χ0) is 22.0. The van der Waals surface area contributed by atoms with E-state index in [2.05, 4.69) is 17.2 Å². The summed E-state index contributed by atoms with van der Waals surface area (Å²) in [6.45, 7) is 5.29. The van der Waals surface area contributed by atoms with Crippen molar-refractivity contribution in [1.29, 1.82) is 5.26 Å². The minimum Gasteiger partial charge on any atom is -0.459 e. The van der Waals surface area contributed by atoms with Crippen LogP contribution in [0.15, 0.2) is 54.6 Å². The molecule has 1 unspecified atom stereocenters. The molecular formula is C24H24N2O4. The summed E-state index contributed by atoms with van der Waals surface area (Å²) in [4.78, 5) is 24.7. The quantitative estimate of drug-likeness (QED) is 0.602. The van der Waals surface area contributed by atoms with Crippen LogP contribution in [0.2, 0.25) is 0 Å². The number of esters is 1. The van der Waals surface area contributed by atoms with Gasteiger partial charge in [-0.25, -0.2) is 9.59 Å². The van der Waals surface area contributed by atoms with Crippen LogP contribution in [-0.4, -0.2) is 23.7 Å². The van der Waals surface area contributed by atoms with Crippen LogP contribution in [0.1, 0.15) is 43.9 Å². The molecular weight excluding hydrogens is 380 g/mol. The smallest absolute Gasteiger partial charge is 0.408 e. The molecule has 154 valence electrons. The summed E-state index contributed by atoms with van der Waals surface area (Å²) in [6.07, 6.45) is -0.693. The maximum atomic E-state index is 12.6. The van der Waals surface area contributed by atoms with Gasteiger partial charge < -0.3 is 14.8 Å². The van der Waals surface area contributed by atoms with Gasteiger partial charge in [0.1, 0.15) is 18.2 Å². The van der Waals surface area contributed by atoms with Gasteiger partial charge in [0.2, 0.25) is 0 Å². The van der Waals surface area contributed by atoms with Gasteiger partial charge in [0.25, 0.3) is 0 Å². The topological polar surface area (TPSA) is 88.4 Å². The fourth-order valence-electron chi connectivity index (χ4n) is 2.39. The number of amides is 1. The zero-order valence-electron chi connectivity index (χ0n) is 17.3. The molecule has 30 heavy (non-hydrogen) atoms. The standard InChI is InChI=1S/C24H24N2O4/c1-24(2,3)30-23(28)26-21(22(27)29-17-19-9-5-4-6-10-19)14-8-12-18-11-7-13-20(15-18)16-25/h4-7,9-11,13,15,21H,14,17H2,1-3H3,(H,26,28). The Morgan fingerprint density at radius 1 is 1.07 bits per heavy atom. The van der Waals surface area contributed by atoms with E-state index in [1.807, 2.05) is 36.4 Å². The highest BCUT2D eigenvalue weighted by Gasteiger charge is 2.25. The maximum Gasteiger partial charge on any atom is 0.408 e. The zero-order valence-corrected chi connectivity index (χ0v) is 17.3. The number of carbonyl (C=O) groups excluding carboxylic acids is 2. The summed E-state index contributed by atoms with van der Waals surface area (Å²) < 4.78 is 10.6. The maximum absolute atomic E-state index is 12.6. The molecule has 2 rings (SSSR count). The van der Waals surface area contributed by atoms with Crippen molar-refractivity contribution >= 4 is 12.1 Å². The van der Waals surface area contributed by atoms with Gasteiger partial charge in [0.05, 0.1) is 11.6 Å². The molecule has 6 nitrogen and oxygen atoms in total. The first-order valence-corrected chi connectivity index (χ1v) is 9.46. The Hall–Kier alpha value is -3.77. The van der Waals surface area contributed by atoms with E-state index < -0.39 is 23.7 Å². The fraction of sp³-hybridized carbons (Fsp3) is 0.292. The molecule has 0 fully saturated rings. The lowest BCUT2D eigenvalue weighted by Crippen LogP contribution is -2.44. The van der Waals surface area contributed by atoms with Gasteiger partial charge in [-0.15, -0.1) is 0 Å². The number of hydrogen-bond donors (Lipinski definition) is 1. The van der Waals surface area contributed by atoms with Crippen molar-refractivity contribution in [1.82, 2.24) is 5.32 Å². The first-order valence-electron chi connectivity index (χ1n) is 9.46. The van der Waals surface area contributed by atoms with Gasteiger partial charge in [-0.2, -0.15) is 5.26 Å². The van der Waals surface area contributed by atoms with Crippen molar-refractivity contribution in [3.63, 3.8) is 0 Å². The number of nitrogens with zero attached hydrogens (tertiary/aromatic N) is 1. The Morgan fingerprint density at radius 2 is 1.77 bits per heavy atom. The largest absolute Gasteiger partial charge is 0.459 e. The van der Waals surface area contributed by atoms with Crippen LogP contribution in [0.4, 0.5) is 4.79 Å². The molecule has 0 aliphatic carbocycles. The van der Waals surface area contributed by atoms with E-state index in [1.165, 1.54) is 0 Å². The number of carbonyl (C=O) groups is 2. The number of nitrogens with one attached hydrogen (secondary N) is 1. The number of alkyl carbamates (subject to hydrolysis) is 1. The van der Waals surface area contributed by atoms with Crippen molar-refractivity contribution in [2.75, 3.05) is 0 Å². The molecule has 0 saturated carbocycles. The predicted octanol–water partition coefficient (Wildman–Crippen LogP) is 3.94. The molecule has 0 aliphatic heterocycles. The first-order chi connectivity index (χ1) is 14.3. The van der Waals surface area contributed by atoms with E-state index in [4.69, 9.17) is 14.7 Å². The first kappa shape index (κ1) is 22.5. The molecule has 2 aromatic carbocycles. The van der Waals surface area contributed by atoms with E-state index in [0.29, 0.717) is 11.1 Å². The summed E-state index contributed by atoms with van der Waals surface area (Å²) in [5.74, 6) is 5.16. The van der Waals surface area contributed by atoms with Crippen LogP contribution in [0.5, 0.6) is 0 Å². The molecule has 1 atom stereocenters. The van der Waals surface area contributed by atoms with Gasteiger partial charge in [-0.1, -0.05) is 48.2 Å². The summed E-state index contributed by atoms with van der Waals surface area (Å²) in [5, 5.41) is 11.5. The van der Waals surface area contributed by atoms with Crippen molar-refractivity contribution in [3.05, 3.63) is 71.3 Å². The minimum atomic E-state index is -0.991. The van der Waals surface area contributed by atoms with Crippen LogP contribution in [0, 0.1) is 23.2 Å². The Bertz CT molecular complexity index is 976. The second kappa shape index (κ2) is 10.7. The van der Waals surface area contributed by atoms with E-state index >= 15 is 0 Å². The van der Waals surface area contributed by atoms with Crippen LogP contribution < -0.4 is 5.32 Å². The number of nitriles is 1. The SMILES string of the molecule is CC(C)(C)OC(=O)NC(CC#Cc1cccc(C#N)c1)C(=O)OCc1ccccc1. The number of hydrogen-bond acceptors (Lipinski definition) is 5. The van der Waals surface area contributed by atoms with Crippen molar-refractivity contribution in [2.24, 2.45) is 0 Å². The molecule has 6 heteroatoms. The molecule has 0 radical (unpaired) electrons. The van der Waals surface area contributed by atoms with Crippen LogP contribution >= 0.6 is 0 Å². The normalized spacial score (nSPS) is 11.3. The Kier molecular flexibility index (Phi) is 8.02. The molecule has 0 aliphatic rings.